The highest BCUT2D eigenvalue weighted by molar-refractivity contribution is 5.11. The van der Waals surface area contributed by atoms with Gasteiger partial charge in [0.25, 0.3) is 0 Å². The van der Waals surface area contributed by atoms with Crippen molar-refractivity contribution in [3.63, 3.8) is 0 Å². The van der Waals surface area contributed by atoms with Crippen LogP contribution < -0.4 is 0 Å². The molecule has 78 valence electrons. The first-order valence-corrected chi connectivity index (χ1v) is 5.74. The van der Waals surface area contributed by atoms with Crippen LogP contribution in [0.5, 0.6) is 0 Å². The summed E-state index contributed by atoms with van der Waals surface area (Å²) >= 11 is 0. The van der Waals surface area contributed by atoms with Crippen molar-refractivity contribution in [2.24, 2.45) is 5.92 Å². The summed E-state index contributed by atoms with van der Waals surface area (Å²) in [5, 5.41) is 0. The maximum Gasteiger partial charge on any atom is 0.191 e. The monoisotopic (exact) mass is 193 g/mol. The predicted molar refractivity (Wildman–Crippen MR) is 56.3 cm³/mol. The molecule has 14 heavy (non-hydrogen) atoms. The molecule has 0 amide bonds. The Morgan fingerprint density at radius 3 is 3.00 bits per heavy atom. The predicted octanol–water partition coefficient (Wildman–Crippen LogP) is 3.28. The van der Waals surface area contributed by atoms with Gasteiger partial charge in [0.2, 0.25) is 0 Å². The average Bonchev–Trinajstić information content (AvgIpc) is 2.47. The average molecular weight is 193 g/mol. The van der Waals surface area contributed by atoms with Crippen LogP contribution in [0.25, 0.3) is 0 Å². The van der Waals surface area contributed by atoms with Crippen molar-refractivity contribution in [3.05, 3.63) is 17.3 Å². The van der Waals surface area contributed by atoms with E-state index in [0.29, 0.717) is 0 Å². The zero-order valence-electron chi connectivity index (χ0n) is 9.18. The van der Waals surface area contributed by atoms with Crippen LogP contribution >= 0.6 is 0 Å². The molecular weight excluding hydrogens is 174 g/mol. The minimum Gasteiger partial charge on any atom is -0.446 e. The summed E-state index contributed by atoms with van der Waals surface area (Å²) in [6.07, 6.45) is 7.43. The van der Waals surface area contributed by atoms with E-state index in [1.807, 2.05) is 6.92 Å². The molecule has 1 aromatic rings. The van der Waals surface area contributed by atoms with Gasteiger partial charge < -0.3 is 4.42 Å². The third-order valence-corrected chi connectivity index (χ3v) is 3.27. The fraction of sp³-hybridized carbons (Fsp3) is 0.750. The SMILES string of the molecule is CCC1CCCc2oc(C)nc2CC1. The Labute approximate surface area is 85.7 Å². The van der Waals surface area contributed by atoms with Gasteiger partial charge in [-0.2, -0.15) is 0 Å². The van der Waals surface area contributed by atoms with Gasteiger partial charge >= 0.3 is 0 Å². The molecule has 1 atom stereocenters. The van der Waals surface area contributed by atoms with Crippen LogP contribution in [0.1, 0.15) is 50.0 Å². The molecule has 2 heteroatoms. The van der Waals surface area contributed by atoms with E-state index in [2.05, 4.69) is 11.9 Å². The van der Waals surface area contributed by atoms with E-state index in [9.17, 15) is 0 Å². The summed E-state index contributed by atoms with van der Waals surface area (Å²) in [6.45, 7) is 4.24. The first-order chi connectivity index (χ1) is 6.79. The van der Waals surface area contributed by atoms with E-state index in [4.69, 9.17) is 4.42 Å². The fourth-order valence-electron chi connectivity index (χ4n) is 2.35. The van der Waals surface area contributed by atoms with Gasteiger partial charge in [-0.3, -0.25) is 0 Å². The maximum absolute atomic E-state index is 5.60. The van der Waals surface area contributed by atoms with Gasteiger partial charge in [0.15, 0.2) is 5.89 Å². The molecule has 0 N–H and O–H groups in total. The molecule has 0 fully saturated rings. The van der Waals surface area contributed by atoms with Gasteiger partial charge in [-0.25, -0.2) is 4.98 Å². The number of fused-ring (bicyclic) bond motifs is 1. The van der Waals surface area contributed by atoms with Crippen LogP contribution in [0.2, 0.25) is 0 Å². The lowest BCUT2D eigenvalue weighted by molar-refractivity contribution is 0.390. The zero-order chi connectivity index (χ0) is 9.97. The van der Waals surface area contributed by atoms with E-state index < -0.39 is 0 Å². The highest BCUT2D eigenvalue weighted by Gasteiger charge is 2.17. The fourth-order valence-corrected chi connectivity index (χ4v) is 2.35. The molecular formula is C12H19NO. The molecule has 1 heterocycles. The molecule has 1 aromatic heterocycles. The summed E-state index contributed by atoms with van der Waals surface area (Å²) < 4.78 is 5.60. The molecule has 0 bridgehead atoms. The summed E-state index contributed by atoms with van der Waals surface area (Å²) in [7, 11) is 0. The number of aryl methyl sites for hydroxylation is 3. The Balaban J connectivity index is 2.12. The number of aromatic nitrogens is 1. The number of oxazole rings is 1. The lowest BCUT2D eigenvalue weighted by Gasteiger charge is -2.16. The highest BCUT2D eigenvalue weighted by Crippen LogP contribution is 2.25. The molecule has 0 saturated heterocycles. The van der Waals surface area contributed by atoms with Gasteiger partial charge in [0, 0.05) is 13.3 Å². The van der Waals surface area contributed by atoms with Crippen LogP contribution in [0.3, 0.4) is 0 Å². The second kappa shape index (κ2) is 4.16. The van der Waals surface area contributed by atoms with E-state index in [1.54, 1.807) is 0 Å². The normalized spacial score (nSPS) is 22.6. The molecule has 0 spiro atoms. The summed E-state index contributed by atoms with van der Waals surface area (Å²) in [5.41, 5.74) is 1.22. The van der Waals surface area contributed by atoms with Gasteiger partial charge in [-0.05, 0) is 25.2 Å². The quantitative estimate of drug-likeness (QED) is 0.684. The molecule has 2 rings (SSSR count). The summed E-state index contributed by atoms with van der Waals surface area (Å²) in [5.74, 6) is 2.89. The number of nitrogens with zero attached hydrogens (tertiary/aromatic N) is 1. The van der Waals surface area contributed by atoms with E-state index in [1.165, 1.54) is 31.4 Å². The molecule has 0 radical (unpaired) electrons. The standard InChI is InChI=1S/C12H19NO/c1-3-10-5-4-6-12-11(8-7-10)13-9(2)14-12/h10H,3-8H2,1-2H3. The summed E-state index contributed by atoms with van der Waals surface area (Å²) in [4.78, 5) is 4.45. The Morgan fingerprint density at radius 1 is 1.36 bits per heavy atom. The minimum atomic E-state index is 0.838. The molecule has 1 aliphatic carbocycles. The third-order valence-electron chi connectivity index (χ3n) is 3.27. The van der Waals surface area contributed by atoms with Crippen LogP contribution in [-0.2, 0) is 12.8 Å². The largest absolute Gasteiger partial charge is 0.446 e. The van der Waals surface area contributed by atoms with Crippen molar-refractivity contribution in [3.8, 4) is 0 Å². The van der Waals surface area contributed by atoms with Crippen LogP contribution in [0.4, 0.5) is 0 Å². The van der Waals surface area contributed by atoms with Crippen LogP contribution in [0.15, 0.2) is 4.42 Å². The van der Waals surface area contributed by atoms with Crippen molar-refractivity contribution in [1.29, 1.82) is 0 Å². The lowest BCUT2D eigenvalue weighted by atomic mass is 9.90. The minimum absolute atomic E-state index is 0.838. The molecule has 2 nitrogen and oxygen atoms in total. The Hall–Kier alpha value is -0.790. The number of rotatable bonds is 1. The van der Waals surface area contributed by atoms with Gasteiger partial charge in [-0.1, -0.05) is 19.8 Å². The highest BCUT2D eigenvalue weighted by atomic mass is 16.4. The molecule has 1 unspecified atom stereocenters. The van der Waals surface area contributed by atoms with Gasteiger partial charge in [-0.15, -0.1) is 0 Å². The van der Waals surface area contributed by atoms with Gasteiger partial charge in [0.1, 0.15) is 5.76 Å². The van der Waals surface area contributed by atoms with Crippen LogP contribution in [0, 0.1) is 12.8 Å². The van der Waals surface area contributed by atoms with Crippen molar-refractivity contribution in [2.75, 3.05) is 0 Å². The van der Waals surface area contributed by atoms with E-state index in [-0.39, 0.29) is 0 Å². The first kappa shape index (κ1) is 9.75. The van der Waals surface area contributed by atoms with E-state index >= 15 is 0 Å². The van der Waals surface area contributed by atoms with Crippen molar-refractivity contribution in [1.82, 2.24) is 4.98 Å². The molecule has 0 saturated carbocycles. The lowest BCUT2D eigenvalue weighted by Crippen LogP contribution is -2.06. The van der Waals surface area contributed by atoms with Crippen molar-refractivity contribution < 1.29 is 4.42 Å². The topological polar surface area (TPSA) is 26.0 Å². The van der Waals surface area contributed by atoms with Crippen molar-refractivity contribution in [2.45, 2.75) is 52.4 Å². The third kappa shape index (κ3) is 1.99. The zero-order valence-corrected chi connectivity index (χ0v) is 9.18. The Kier molecular flexibility index (Phi) is 2.90. The Bertz CT molecular complexity index is 303. The second-order valence-corrected chi connectivity index (χ2v) is 4.31. The Morgan fingerprint density at radius 2 is 2.21 bits per heavy atom. The van der Waals surface area contributed by atoms with Gasteiger partial charge in [0.05, 0.1) is 5.69 Å². The molecule has 0 aromatic carbocycles. The smallest absolute Gasteiger partial charge is 0.191 e. The first-order valence-electron chi connectivity index (χ1n) is 5.74. The summed E-state index contributed by atoms with van der Waals surface area (Å²) in [6, 6.07) is 0. The molecule has 0 aliphatic heterocycles. The van der Waals surface area contributed by atoms with Crippen molar-refractivity contribution >= 4 is 0 Å². The van der Waals surface area contributed by atoms with E-state index in [0.717, 1.165) is 30.4 Å². The molecule has 1 aliphatic rings. The number of hydrogen-bond acceptors (Lipinski definition) is 2. The number of hydrogen-bond donors (Lipinski definition) is 0. The maximum atomic E-state index is 5.60. The second-order valence-electron chi connectivity index (χ2n) is 4.31. The van der Waals surface area contributed by atoms with Crippen LogP contribution in [-0.4, -0.2) is 4.98 Å².